The molecule has 0 aliphatic heterocycles. The van der Waals surface area contributed by atoms with Gasteiger partial charge in [-0.2, -0.15) is 11.8 Å². The first kappa shape index (κ1) is 15.5. The van der Waals surface area contributed by atoms with E-state index in [1.165, 1.54) is 0 Å². The molecule has 0 unspecified atom stereocenters. The second-order valence-electron chi connectivity index (χ2n) is 4.29. The van der Waals surface area contributed by atoms with Crippen LogP contribution in [0.5, 0.6) is 0 Å². The van der Waals surface area contributed by atoms with Crippen LogP contribution in [-0.2, 0) is 4.79 Å². The molecular formula is C13H19BrN2OS. The molecule has 0 radical (unpaired) electrons. The Morgan fingerprint density at radius 2 is 2.00 bits per heavy atom. The molecule has 1 rings (SSSR count). The van der Waals surface area contributed by atoms with Gasteiger partial charge in [-0.3, -0.25) is 4.79 Å². The number of amides is 1. The number of hydrogen-bond donors (Lipinski definition) is 2. The largest absolute Gasteiger partial charge is 0.324 e. The first-order valence-electron chi connectivity index (χ1n) is 5.77. The quantitative estimate of drug-likeness (QED) is 0.872. The summed E-state index contributed by atoms with van der Waals surface area (Å²) in [7, 11) is 0. The predicted octanol–water partition coefficient (Wildman–Crippen LogP) is 3.08. The van der Waals surface area contributed by atoms with Crippen molar-refractivity contribution < 1.29 is 4.79 Å². The Balaban J connectivity index is 2.76. The maximum absolute atomic E-state index is 12.0. The summed E-state index contributed by atoms with van der Waals surface area (Å²) in [4.78, 5) is 12.0. The van der Waals surface area contributed by atoms with E-state index in [-0.39, 0.29) is 5.91 Å². The minimum Gasteiger partial charge on any atom is -0.324 e. The summed E-state index contributed by atoms with van der Waals surface area (Å²) in [5.74, 6) is 0.782. The zero-order valence-corrected chi connectivity index (χ0v) is 13.3. The van der Waals surface area contributed by atoms with E-state index < -0.39 is 6.04 Å². The van der Waals surface area contributed by atoms with Crippen LogP contribution < -0.4 is 11.1 Å². The first-order valence-corrected chi connectivity index (χ1v) is 7.96. The Morgan fingerprint density at radius 3 is 2.50 bits per heavy atom. The smallest absolute Gasteiger partial charge is 0.241 e. The molecule has 1 aromatic rings. The fraction of sp³-hybridized carbons (Fsp3) is 0.462. The third-order valence-corrected chi connectivity index (χ3v) is 3.82. The molecule has 0 saturated heterocycles. The van der Waals surface area contributed by atoms with E-state index in [0.717, 1.165) is 27.0 Å². The van der Waals surface area contributed by atoms with Crippen LogP contribution in [0.1, 0.15) is 17.5 Å². The molecule has 0 fully saturated rings. The number of carbonyl (C=O) groups excluding carboxylic acids is 1. The van der Waals surface area contributed by atoms with E-state index in [1.807, 2.05) is 32.2 Å². The number of nitrogens with two attached hydrogens (primary N) is 1. The molecule has 1 amide bonds. The van der Waals surface area contributed by atoms with Gasteiger partial charge in [-0.15, -0.1) is 0 Å². The molecule has 0 saturated carbocycles. The van der Waals surface area contributed by atoms with Gasteiger partial charge in [-0.1, -0.05) is 15.9 Å². The Kier molecular flexibility index (Phi) is 6.18. The van der Waals surface area contributed by atoms with Crippen molar-refractivity contribution in [2.75, 3.05) is 17.3 Å². The number of rotatable bonds is 5. The van der Waals surface area contributed by atoms with Gasteiger partial charge in [0.15, 0.2) is 0 Å². The molecule has 5 heteroatoms. The van der Waals surface area contributed by atoms with E-state index >= 15 is 0 Å². The van der Waals surface area contributed by atoms with Crippen molar-refractivity contribution in [2.24, 2.45) is 5.73 Å². The van der Waals surface area contributed by atoms with Crippen LogP contribution >= 0.6 is 27.7 Å². The van der Waals surface area contributed by atoms with Gasteiger partial charge in [0.05, 0.1) is 6.04 Å². The highest BCUT2D eigenvalue weighted by Crippen LogP contribution is 2.25. The van der Waals surface area contributed by atoms with Crippen molar-refractivity contribution in [3.8, 4) is 0 Å². The lowest BCUT2D eigenvalue weighted by molar-refractivity contribution is -0.117. The van der Waals surface area contributed by atoms with Crippen LogP contribution in [0.3, 0.4) is 0 Å². The van der Waals surface area contributed by atoms with Gasteiger partial charge in [0.2, 0.25) is 5.91 Å². The molecular weight excluding hydrogens is 312 g/mol. The summed E-state index contributed by atoms with van der Waals surface area (Å²) in [5.41, 5.74) is 8.78. The molecule has 3 N–H and O–H groups in total. The molecule has 1 atom stereocenters. The van der Waals surface area contributed by atoms with Gasteiger partial charge in [0.25, 0.3) is 0 Å². The Bertz CT molecular complexity index is 414. The third kappa shape index (κ3) is 4.30. The minimum atomic E-state index is -0.445. The predicted molar refractivity (Wildman–Crippen MR) is 83.2 cm³/mol. The molecule has 100 valence electrons. The fourth-order valence-corrected chi connectivity index (χ4v) is 2.88. The number of thioether (sulfide) groups is 1. The molecule has 0 aromatic heterocycles. The standard InChI is InChI=1S/C13H19BrN2OS/c1-8-6-10(14)7-9(2)12(8)16-13(17)11(15)4-5-18-3/h6-7,11H,4-5,15H2,1-3H3,(H,16,17)/t11-/m0/s1. The van der Waals surface area contributed by atoms with E-state index in [1.54, 1.807) is 11.8 Å². The lowest BCUT2D eigenvalue weighted by Crippen LogP contribution is -2.36. The number of carbonyl (C=O) groups is 1. The Hall–Kier alpha value is -0.520. The van der Waals surface area contributed by atoms with Gasteiger partial charge in [-0.25, -0.2) is 0 Å². The normalized spacial score (nSPS) is 12.3. The maximum atomic E-state index is 12.0. The molecule has 18 heavy (non-hydrogen) atoms. The summed E-state index contributed by atoms with van der Waals surface area (Å²) < 4.78 is 1.02. The van der Waals surface area contributed by atoms with Gasteiger partial charge in [0, 0.05) is 10.2 Å². The van der Waals surface area contributed by atoms with E-state index in [9.17, 15) is 4.79 Å². The molecule has 0 heterocycles. The monoisotopic (exact) mass is 330 g/mol. The molecule has 3 nitrogen and oxygen atoms in total. The van der Waals surface area contributed by atoms with Crippen LogP contribution in [0, 0.1) is 13.8 Å². The summed E-state index contributed by atoms with van der Waals surface area (Å²) in [6.07, 6.45) is 2.70. The zero-order chi connectivity index (χ0) is 13.7. The van der Waals surface area contributed by atoms with Gasteiger partial charge >= 0.3 is 0 Å². The second kappa shape index (κ2) is 7.16. The molecule has 0 bridgehead atoms. The first-order chi connectivity index (χ1) is 8.45. The van der Waals surface area contributed by atoms with Crippen LogP contribution in [0.4, 0.5) is 5.69 Å². The number of nitrogens with one attached hydrogen (secondary N) is 1. The Labute approximate surface area is 121 Å². The highest BCUT2D eigenvalue weighted by Gasteiger charge is 2.15. The second-order valence-corrected chi connectivity index (χ2v) is 6.19. The number of anilines is 1. The lowest BCUT2D eigenvalue weighted by Gasteiger charge is -2.15. The highest BCUT2D eigenvalue weighted by molar-refractivity contribution is 9.10. The SMILES string of the molecule is CSCC[C@H](N)C(=O)Nc1c(C)cc(Br)cc1C. The van der Waals surface area contributed by atoms with Crippen molar-refractivity contribution in [3.63, 3.8) is 0 Å². The van der Waals surface area contributed by atoms with Gasteiger partial charge in [0.1, 0.15) is 0 Å². The molecule has 0 aliphatic carbocycles. The average molecular weight is 331 g/mol. The summed E-state index contributed by atoms with van der Waals surface area (Å²) in [5, 5.41) is 2.92. The number of benzene rings is 1. The zero-order valence-electron chi connectivity index (χ0n) is 10.9. The maximum Gasteiger partial charge on any atom is 0.241 e. The fourth-order valence-electron chi connectivity index (χ4n) is 1.70. The number of hydrogen-bond acceptors (Lipinski definition) is 3. The lowest BCUT2D eigenvalue weighted by atomic mass is 10.1. The topological polar surface area (TPSA) is 55.1 Å². The van der Waals surface area contributed by atoms with Crippen LogP contribution in [0.25, 0.3) is 0 Å². The van der Waals surface area contributed by atoms with E-state index in [0.29, 0.717) is 6.42 Å². The molecule has 1 aromatic carbocycles. The van der Waals surface area contributed by atoms with Crippen LogP contribution in [-0.4, -0.2) is 24.0 Å². The molecule has 0 spiro atoms. The van der Waals surface area contributed by atoms with Crippen molar-refractivity contribution in [1.82, 2.24) is 0 Å². The van der Waals surface area contributed by atoms with Crippen LogP contribution in [0.15, 0.2) is 16.6 Å². The van der Waals surface area contributed by atoms with Crippen molar-refractivity contribution >= 4 is 39.3 Å². The van der Waals surface area contributed by atoms with Gasteiger partial charge in [-0.05, 0) is 55.5 Å². The van der Waals surface area contributed by atoms with E-state index in [2.05, 4.69) is 21.2 Å². The number of aryl methyl sites for hydroxylation is 2. The third-order valence-electron chi connectivity index (χ3n) is 2.72. The summed E-state index contributed by atoms with van der Waals surface area (Å²) in [6.45, 7) is 3.95. The molecule has 0 aliphatic rings. The highest BCUT2D eigenvalue weighted by atomic mass is 79.9. The minimum absolute atomic E-state index is 0.113. The summed E-state index contributed by atoms with van der Waals surface area (Å²) >= 11 is 5.13. The van der Waals surface area contributed by atoms with Crippen LogP contribution in [0.2, 0.25) is 0 Å². The Morgan fingerprint density at radius 1 is 1.44 bits per heavy atom. The average Bonchev–Trinajstić information content (AvgIpc) is 2.30. The number of halogens is 1. The van der Waals surface area contributed by atoms with Crippen molar-refractivity contribution in [3.05, 3.63) is 27.7 Å². The summed E-state index contributed by atoms with van der Waals surface area (Å²) in [6, 6.07) is 3.52. The van der Waals surface area contributed by atoms with Gasteiger partial charge < -0.3 is 11.1 Å². The van der Waals surface area contributed by atoms with E-state index in [4.69, 9.17) is 5.73 Å². The van der Waals surface area contributed by atoms with Crippen molar-refractivity contribution in [1.29, 1.82) is 0 Å². The van der Waals surface area contributed by atoms with Crippen molar-refractivity contribution in [2.45, 2.75) is 26.3 Å².